The van der Waals surface area contributed by atoms with Crippen molar-refractivity contribution in [2.45, 2.75) is 13.1 Å². The van der Waals surface area contributed by atoms with Crippen molar-refractivity contribution in [2.24, 2.45) is 0 Å². The lowest BCUT2D eigenvalue weighted by atomic mass is 10.1. The third-order valence-corrected chi connectivity index (χ3v) is 6.03. The summed E-state index contributed by atoms with van der Waals surface area (Å²) in [6.45, 7) is 0.408. The van der Waals surface area contributed by atoms with Crippen molar-refractivity contribution in [3.05, 3.63) is 101 Å². The number of halogens is 1. The van der Waals surface area contributed by atoms with E-state index in [0.29, 0.717) is 13.1 Å². The molecule has 0 saturated heterocycles. The molecule has 0 fully saturated rings. The van der Waals surface area contributed by atoms with Crippen LogP contribution in [-0.2, 0) is 27.9 Å². The molecular weight excluding hydrogens is 420 g/mol. The van der Waals surface area contributed by atoms with Gasteiger partial charge in [-0.3, -0.25) is 9.10 Å². The van der Waals surface area contributed by atoms with Crippen LogP contribution in [0.5, 0.6) is 0 Å². The van der Waals surface area contributed by atoms with Crippen molar-refractivity contribution in [3.8, 4) is 0 Å². The predicted molar refractivity (Wildman–Crippen MR) is 121 cm³/mol. The molecule has 7 heteroatoms. The maximum absolute atomic E-state index is 13.3. The number of benzene rings is 3. The fourth-order valence-electron chi connectivity index (χ4n) is 3.10. The molecule has 30 heavy (non-hydrogen) atoms. The first kappa shape index (κ1) is 21.9. The number of rotatable bonds is 8. The summed E-state index contributed by atoms with van der Waals surface area (Å²) < 4.78 is 26.0. The first-order chi connectivity index (χ1) is 14.3. The highest BCUT2D eigenvalue weighted by atomic mass is 35.5. The maximum Gasteiger partial charge on any atom is 0.243 e. The van der Waals surface area contributed by atoms with Crippen LogP contribution in [0.1, 0.15) is 11.1 Å². The molecule has 0 atom stereocenters. The van der Waals surface area contributed by atoms with E-state index in [9.17, 15) is 13.2 Å². The van der Waals surface area contributed by atoms with E-state index in [1.54, 1.807) is 29.2 Å². The fraction of sp³-hybridized carbons (Fsp3) is 0.174. The number of carbonyl (C=O) groups is 1. The highest BCUT2D eigenvalue weighted by molar-refractivity contribution is 7.92. The van der Waals surface area contributed by atoms with Crippen molar-refractivity contribution >= 4 is 33.2 Å². The molecule has 3 rings (SSSR count). The molecule has 0 aliphatic heterocycles. The molecule has 0 unspecified atom stereocenters. The van der Waals surface area contributed by atoms with Crippen LogP contribution in [0.25, 0.3) is 0 Å². The smallest absolute Gasteiger partial charge is 0.243 e. The lowest BCUT2D eigenvalue weighted by Crippen LogP contribution is -2.42. The van der Waals surface area contributed by atoms with Crippen molar-refractivity contribution < 1.29 is 13.2 Å². The number of carbonyl (C=O) groups excluding carboxylic acids is 1. The van der Waals surface area contributed by atoms with Gasteiger partial charge in [-0.15, -0.1) is 0 Å². The number of hydrogen-bond acceptors (Lipinski definition) is 3. The Kier molecular flexibility index (Phi) is 7.13. The van der Waals surface area contributed by atoms with Gasteiger partial charge in [0.15, 0.2) is 0 Å². The van der Waals surface area contributed by atoms with Crippen LogP contribution in [0.15, 0.2) is 84.9 Å². The van der Waals surface area contributed by atoms with Gasteiger partial charge >= 0.3 is 0 Å². The third kappa shape index (κ3) is 5.84. The van der Waals surface area contributed by atoms with E-state index in [2.05, 4.69) is 0 Å². The molecular formula is C23H23ClN2O3S. The maximum atomic E-state index is 13.3. The van der Waals surface area contributed by atoms with Crippen molar-refractivity contribution in [3.63, 3.8) is 0 Å². The molecule has 0 spiro atoms. The average molecular weight is 443 g/mol. The Balaban J connectivity index is 1.89. The molecule has 0 N–H and O–H groups in total. The van der Waals surface area contributed by atoms with E-state index in [4.69, 9.17) is 11.6 Å². The normalized spacial score (nSPS) is 11.1. The Bertz CT molecular complexity index is 1050. The quantitative estimate of drug-likeness (QED) is 0.521. The molecule has 156 valence electrons. The topological polar surface area (TPSA) is 57.7 Å². The number of para-hydroxylation sites is 1. The second-order valence-corrected chi connectivity index (χ2v) is 9.26. The van der Waals surface area contributed by atoms with Crippen molar-refractivity contribution in [2.75, 3.05) is 17.1 Å². The Labute approximate surface area is 182 Å². The summed E-state index contributed by atoms with van der Waals surface area (Å²) in [4.78, 5) is 14.9. The summed E-state index contributed by atoms with van der Waals surface area (Å²) in [5, 5.41) is 0.272. The molecule has 0 radical (unpaired) electrons. The van der Waals surface area contributed by atoms with E-state index >= 15 is 0 Å². The first-order valence-corrected chi connectivity index (χ1v) is 11.6. The number of amides is 1. The highest BCUT2D eigenvalue weighted by Crippen LogP contribution is 2.27. The minimum absolute atomic E-state index is 0.272. The number of sulfonamides is 1. The van der Waals surface area contributed by atoms with Gasteiger partial charge in [0.2, 0.25) is 15.9 Å². The molecule has 0 bridgehead atoms. The lowest BCUT2D eigenvalue weighted by molar-refractivity contribution is -0.130. The molecule has 0 aliphatic rings. The van der Waals surface area contributed by atoms with Crippen LogP contribution in [0, 0.1) is 0 Å². The van der Waals surface area contributed by atoms with Gasteiger partial charge in [0, 0.05) is 13.1 Å². The van der Waals surface area contributed by atoms with Gasteiger partial charge in [-0.2, -0.15) is 0 Å². The Hall–Kier alpha value is -2.83. The van der Waals surface area contributed by atoms with Crippen molar-refractivity contribution in [1.82, 2.24) is 4.90 Å². The zero-order valence-electron chi connectivity index (χ0n) is 16.6. The highest BCUT2D eigenvalue weighted by Gasteiger charge is 2.25. The standard InChI is InChI=1S/C23H23ClN2O3S/c1-30(28,29)26(22-15-9-8-14-21(22)24)18-23(27)25(16-19-10-4-2-5-11-19)17-20-12-6-3-7-13-20/h2-15H,16-18H2,1H3. The average Bonchev–Trinajstić information content (AvgIpc) is 2.73. The minimum atomic E-state index is -3.71. The minimum Gasteiger partial charge on any atom is -0.332 e. The van der Waals surface area contributed by atoms with Crippen LogP contribution in [0.4, 0.5) is 5.69 Å². The second-order valence-electron chi connectivity index (χ2n) is 6.94. The molecule has 3 aromatic rings. The van der Waals surface area contributed by atoms with E-state index in [-0.39, 0.29) is 23.2 Å². The zero-order valence-corrected chi connectivity index (χ0v) is 18.2. The summed E-state index contributed by atoms with van der Waals surface area (Å²) in [5.41, 5.74) is 2.21. The zero-order chi connectivity index (χ0) is 21.6. The van der Waals surface area contributed by atoms with Gasteiger partial charge in [0.1, 0.15) is 6.54 Å². The van der Waals surface area contributed by atoms with E-state index < -0.39 is 10.0 Å². The summed E-state index contributed by atoms with van der Waals surface area (Å²) in [6.07, 6.45) is 1.07. The molecule has 5 nitrogen and oxygen atoms in total. The molecule has 3 aromatic carbocycles. The Morgan fingerprint density at radius 1 is 0.800 bits per heavy atom. The van der Waals surface area contributed by atoms with Crippen LogP contribution in [-0.4, -0.2) is 32.0 Å². The summed E-state index contributed by atoms with van der Waals surface area (Å²) >= 11 is 6.22. The van der Waals surface area contributed by atoms with E-state index in [1.165, 1.54) is 0 Å². The molecule has 0 aliphatic carbocycles. The summed E-state index contributed by atoms with van der Waals surface area (Å²) in [7, 11) is -3.71. The SMILES string of the molecule is CS(=O)(=O)N(CC(=O)N(Cc1ccccc1)Cc1ccccc1)c1ccccc1Cl. The van der Waals surface area contributed by atoms with Gasteiger partial charge in [-0.05, 0) is 23.3 Å². The first-order valence-electron chi connectivity index (χ1n) is 9.42. The number of nitrogens with zero attached hydrogens (tertiary/aromatic N) is 2. The van der Waals surface area contributed by atoms with Gasteiger partial charge < -0.3 is 4.90 Å². The van der Waals surface area contributed by atoms with Crippen molar-refractivity contribution in [1.29, 1.82) is 0 Å². The second kappa shape index (κ2) is 9.78. The Morgan fingerprint density at radius 3 is 1.73 bits per heavy atom. The molecule has 1 amide bonds. The van der Waals surface area contributed by atoms with Gasteiger partial charge in [-0.25, -0.2) is 8.42 Å². The van der Waals surface area contributed by atoms with Gasteiger partial charge in [0.25, 0.3) is 0 Å². The van der Waals surface area contributed by atoms with Crippen LogP contribution in [0.2, 0.25) is 5.02 Å². The predicted octanol–water partition coefficient (Wildman–Crippen LogP) is 4.34. The number of anilines is 1. The third-order valence-electron chi connectivity index (χ3n) is 4.59. The van der Waals surface area contributed by atoms with Crippen LogP contribution in [0.3, 0.4) is 0 Å². The van der Waals surface area contributed by atoms with Gasteiger partial charge in [0.05, 0.1) is 17.0 Å². The molecule has 0 heterocycles. The van der Waals surface area contributed by atoms with Gasteiger partial charge in [-0.1, -0.05) is 84.4 Å². The molecule has 0 aromatic heterocycles. The number of hydrogen-bond donors (Lipinski definition) is 0. The Morgan fingerprint density at radius 2 is 1.27 bits per heavy atom. The largest absolute Gasteiger partial charge is 0.332 e. The molecule has 0 saturated carbocycles. The van der Waals surface area contributed by atoms with Crippen LogP contribution < -0.4 is 4.31 Å². The fourth-order valence-corrected chi connectivity index (χ4v) is 4.25. The monoisotopic (exact) mass is 442 g/mol. The summed E-state index contributed by atoms with van der Waals surface area (Å²) in [6, 6.07) is 25.8. The lowest BCUT2D eigenvalue weighted by Gasteiger charge is -2.28. The van der Waals surface area contributed by atoms with E-state index in [0.717, 1.165) is 21.7 Å². The summed E-state index contributed by atoms with van der Waals surface area (Å²) in [5.74, 6) is -0.312. The van der Waals surface area contributed by atoms with Crippen LogP contribution >= 0.6 is 11.6 Å². The van der Waals surface area contributed by atoms with E-state index in [1.807, 2.05) is 60.7 Å².